The number of aromatic nitrogens is 2. The van der Waals surface area contributed by atoms with Crippen molar-refractivity contribution in [1.82, 2.24) is 9.97 Å². The average Bonchev–Trinajstić information content (AvgIpc) is 2.71. The van der Waals surface area contributed by atoms with Gasteiger partial charge in [0, 0.05) is 13.1 Å². The smallest absolute Gasteiger partial charge is 0.150 e. The van der Waals surface area contributed by atoms with Crippen LogP contribution in [0.4, 0.5) is 5.82 Å². The first kappa shape index (κ1) is 11.2. The Kier molecular flexibility index (Phi) is 2.92. The summed E-state index contributed by atoms with van der Waals surface area (Å²) in [7, 11) is 0. The molecule has 3 heterocycles. The first-order valence-electron chi connectivity index (χ1n) is 5.83. The molecule has 1 saturated heterocycles. The van der Waals surface area contributed by atoms with Gasteiger partial charge in [0.1, 0.15) is 12.1 Å². The first-order valence-corrected chi connectivity index (χ1v) is 7.15. The highest BCUT2D eigenvalue weighted by atomic mass is 35.5. The van der Waals surface area contributed by atoms with E-state index in [2.05, 4.69) is 27.2 Å². The quantitative estimate of drug-likeness (QED) is 0.743. The van der Waals surface area contributed by atoms with Gasteiger partial charge in [0.15, 0.2) is 0 Å². The molecule has 1 aliphatic rings. The third-order valence-electron chi connectivity index (χ3n) is 3.18. The number of nitrogens with zero attached hydrogens (tertiary/aromatic N) is 3. The highest BCUT2D eigenvalue weighted by Gasteiger charge is 2.21. The normalized spacial score (nSPS) is 21.1. The number of anilines is 1. The second kappa shape index (κ2) is 4.42. The lowest BCUT2D eigenvalue weighted by Gasteiger charge is -2.30. The van der Waals surface area contributed by atoms with Crippen LogP contribution in [0.2, 0.25) is 0 Å². The molecule has 1 unspecified atom stereocenters. The molecule has 0 saturated carbocycles. The molecule has 90 valence electrons. The molecule has 0 N–H and O–H groups in total. The van der Waals surface area contributed by atoms with E-state index in [0.29, 0.717) is 0 Å². The van der Waals surface area contributed by atoms with E-state index in [1.807, 2.05) is 0 Å². The Bertz CT molecular complexity index is 540. The van der Waals surface area contributed by atoms with Crippen LogP contribution in [0.5, 0.6) is 0 Å². The summed E-state index contributed by atoms with van der Waals surface area (Å²) in [4.78, 5) is 11.1. The van der Waals surface area contributed by atoms with E-state index >= 15 is 0 Å². The molecule has 1 fully saturated rings. The van der Waals surface area contributed by atoms with Gasteiger partial charge < -0.3 is 4.90 Å². The van der Waals surface area contributed by atoms with Crippen molar-refractivity contribution in [2.45, 2.75) is 25.1 Å². The molecular weight excluding hydrogens is 254 g/mol. The molecule has 2 aromatic rings. The number of halogens is 1. The van der Waals surface area contributed by atoms with Gasteiger partial charge in [-0.3, -0.25) is 0 Å². The Hall–Kier alpha value is -0.870. The molecule has 1 atom stereocenters. The zero-order chi connectivity index (χ0) is 11.8. The largest absolute Gasteiger partial charge is 0.354 e. The molecule has 0 radical (unpaired) electrons. The van der Waals surface area contributed by atoms with Gasteiger partial charge in [-0.2, -0.15) is 0 Å². The van der Waals surface area contributed by atoms with E-state index in [4.69, 9.17) is 11.6 Å². The molecule has 0 aliphatic carbocycles. The van der Waals surface area contributed by atoms with Crippen LogP contribution in [0.15, 0.2) is 11.7 Å². The van der Waals surface area contributed by atoms with Crippen LogP contribution < -0.4 is 4.90 Å². The lowest BCUT2D eigenvalue weighted by atomic mass is 10.1. The van der Waals surface area contributed by atoms with E-state index in [1.54, 1.807) is 17.7 Å². The van der Waals surface area contributed by atoms with Crippen LogP contribution in [0.25, 0.3) is 10.2 Å². The highest BCUT2D eigenvalue weighted by molar-refractivity contribution is 7.18. The minimum atomic E-state index is 0.245. The van der Waals surface area contributed by atoms with Crippen molar-refractivity contribution in [1.29, 1.82) is 0 Å². The van der Waals surface area contributed by atoms with E-state index in [-0.39, 0.29) is 5.38 Å². The van der Waals surface area contributed by atoms with Gasteiger partial charge in [0.2, 0.25) is 0 Å². The Morgan fingerprint density at radius 1 is 1.47 bits per heavy atom. The summed E-state index contributed by atoms with van der Waals surface area (Å²) in [5.41, 5.74) is 2.31. The van der Waals surface area contributed by atoms with E-state index in [1.165, 1.54) is 10.3 Å². The Morgan fingerprint density at radius 3 is 3.18 bits per heavy atom. The number of rotatable bonds is 1. The number of hydrogen-bond acceptors (Lipinski definition) is 4. The maximum absolute atomic E-state index is 6.24. The number of hydrogen-bond donors (Lipinski definition) is 0. The monoisotopic (exact) mass is 267 g/mol. The van der Waals surface area contributed by atoms with Crippen LogP contribution in [0.1, 0.15) is 18.4 Å². The van der Waals surface area contributed by atoms with E-state index in [9.17, 15) is 0 Å². The summed E-state index contributed by atoms with van der Waals surface area (Å²) in [6.45, 7) is 4.03. The Labute approximate surface area is 109 Å². The minimum Gasteiger partial charge on any atom is -0.354 e. The third kappa shape index (κ3) is 2.00. The predicted octanol–water partition coefficient (Wildman–Crippen LogP) is 3.21. The third-order valence-corrected chi connectivity index (χ3v) is 4.61. The van der Waals surface area contributed by atoms with Crippen molar-refractivity contribution in [2.75, 3.05) is 18.0 Å². The second-order valence-electron chi connectivity index (χ2n) is 4.48. The van der Waals surface area contributed by atoms with Gasteiger partial charge in [0.05, 0.1) is 15.6 Å². The number of piperidine rings is 1. The fourth-order valence-corrected chi connectivity index (χ4v) is 3.64. The molecule has 17 heavy (non-hydrogen) atoms. The van der Waals surface area contributed by atoms with Crippen LogP contribution in [0.3, 0.4) is 0 Å². The number of aryl methyl sites for hydroxylation is 1. The lowest BCUT2D eigenvalue weighted by Crippen LogP contribution is -2.36. The molecular formula is C12H14ClN3S. The van der Waals surface area contributed by atoms with Crippen LogP contribution in [0, 0.1) is 6.92 Å². The molecule has 1 aliphatic heterocycles. The molecule has 3 nitrogen and oxygen atoms in total. The van der Waals surface area contributed by atoms with Gasteiger partial charge >= 0.3 is 0 Å². The first-order chi connectivity index (χ1) is 8.25. The summed E-state index contributed by atoms with van der Waals surface area (Å²) < 4.78 is 1.19. The van der Waals surface area contributed by atoms with Crippen molar-refractivity contribution in [3.8, 4) is 0 Å². The maximum Gasteiger partial charge on any atom is 0.150 e. The second-order valence-corrected chi connectivity index (χ2v) is 5.98. The van der Waals surface area contributed by atoms with Gasteiger partial charge in [-0.25, -0.2) is 9.97 Å². The molecule has 0 spiro atoms. The Balaban J connectivity index is 2.04. The zero-order valence-electron chi connectivity index (χ0n) is 9.69. The minimum absolute atomic E-state index is 0.245. The van der Waals surface area contributed by atoms with Gasteiger partial charge in [-0.1, -0.05) is 0 Å². The van der Waals surface area contributed by atoms with Gasteiger partial charge in [-0.15, -0.1) is 22.9 Å². The molecule has 0 amide bonds. The van der Waals surface area contributed by atoms with E-state index < -0.39 is 0 Å². The lowest BCUT2D eigenvalue weighted by molar-refractivity contribution is 0.581. The summed E-state index contributed by atoms with van der Waals surface area (Å²) in [6, 6.07) is 0. The zero-order valence-corrected chi connectivity index (χ0v) is 11.3. The van der Waals surface area contributed by atoms with Crippen molar-refractivity contribution in [3.05, 3.63) is 17.3 Å². The fourth-order valence-electron chi connectivity index (χ4n) is 2.30. The number of thiophene rings is 1. The average molecular weight is 268 g/mol. The predicted molar refractivity (Wildman–Crippen MR) is 73.2 cm³/mol. The van der Waals surface area contributed by atoms with Crippen LogP contribution in [-0.4, -0.2) is 28.4 Å². The molecule has 0 aromatic carbocycles. The summed E-state index contributed by atoms with van der Waals surface area (Å²) in [5, 5.41) is 2.39. The van der Waals surface area contributed by atoms with Crippen molar-refractivity contribution < 1.29 is 0 Å². The highest BCUT2D eigenvalue weighted by Crippen LogP contribution is 2.32. The summed E-state index contributed by atoms with van der Waals surface area (Å²) in [6.07, 6.45) is 3.91. The number of alkyl halides is 1. The van der Waals surface area contributed by atoms with Crippen LogP contribution >= 0.6 is 22.9 Å². The standard InChI is InChI=1S/C12H14ClN3S/c1-8-6-17-11-10(8)14-7-15-12(11)16-4-2-3-9(13)5-16/h6-7,9H,2-5H2,1H3. The summed E-state index contributed by atoms with van der Waals surface area (Å²) in [5.74, 6) is 1.05. The fraction of sp³-hybridized carbons (Fsp3) is 0.500. The molecule has 5 heteroatoms. The van der Waals surface area contributed by atoms with Gasteiger partial charge in [-0.05, 0) is 30.7 Å². The van der Waals surface area contributed by atoms with Crippen LogP contribution in [-0.2, 0) is 0 Å². The summed E-state index contributed by atoms with van der Waals surface area (Å²) >= 11 is 7.96. The van der Waals surface area contributed by atoms with Crippen molar-refractivity contribution in [3.63, 3.8) is 0 Å². The SMILES string of the molecule is Cc1csc2c(N3CCCC(Cl)C3)ncnc12. The molecule has 2 aromatic heterocycles. The number of fused-ring (bicyclic) bond motifs is 1. The molecule has 0 bridgehead atoms. The molecule has 3 rings (SSSR count). The van der Waals surface area contributed by atoms with Crippen molar-refractivity contribution >= 4 is 39.0 Å². The van der Waals surface area contributed by atoms with Crippen molar-refractivity contribution in [2.24, 2.45) is 0 Å². The topological polar surface area (TPSA) is 29.0 Å². The maximum atomic E-state index is 6.24. The Morgan fingerprint density at radius 2 is 2.35 bits per heavy atom. The van der Waals surface area contributed by atoms with Gasteiger partial charge in [0.25, 0.3) is 0 Å². The van der Waals surface area contributed by atoms with E-state index in [0.717, 1.165) is 37.3 Å².